The largest absolute Gasteiger partial charge is 0.419 e. The van der Waals surface area contributed by atoms with E-state index in [1.807, 2.05) is 36.4 Å². The van der Waals surface area contributed by atoms with Gasteiger partial charge in [-0.15, -0.1) is 0 Å². The molecule has 9 heteroatoms. The van der Waals surface area contributed by atoms with Crippen LogP contribution < -0.4 is 10.5 Å². The number of hydrogen-bond acceptors (Lipinski definition) is 5. The zero-order valence-corrected chi connectivity index (χ0v) is 19.7. The lowest BCUT2D eigenvalue weighted by Crippen LogP contribution is -2.13. The molecule has 0 saturated heterocycles. The van der Waals surface area contributed by atoms with Gasteiger partial charge in [0, 0.05) is 31.8 Å². The number of aryl methyl sites for hydroxylation is 4. The Morgan fingerprint density at radius 1 is 0.971 bits per heavy atom. The Kier molecular flexibility index (Phi) is 5.49. The van der Waals surface area contributed by atoms with Gasteiger partial charge in [-0.25, -0.2) is 18.2 Å². The summed E-state index contributed by atoms with van der Waals surface area (Å²) in [7, 11) is -2.29. The molecule has 0 fully saturated rings. The summed E-state index contributed by atoms with van der Waals surface area (Å²) in [4.78, 5) is 16.5. The molecule has 5 rings (SSSR count). The van der Waals surface area contributed by atoms with E-state index in [0.717, 1.165) is 41.8 Å². The molecule has 0 atom stereocenters. The minimum atomic E-state index is -3.86. The van der Waals surface area contributed by atoms with Gasteiger partial charge in [-0.1, -0.05) is 24.3 Å². The van der Waals surface area contributed by atoms with Crippen molar-refractivity contribution < 1.29 is 12.8 Å². The van der Waals surface area contributed by atoms with Gasteiger partial charge >= 0.3 is 5.76 Å². The van der Waals surface area contributed by atoms with Crippen LogP contribution in [-0.2, 0) is 36.5 Å². The molecule has 2 heterocycles. The highest BCUT2D eigenvalue weighted by atomic mass is 32.2. The van der Waals surface area contributed by atoms with E-state index in [0.29, 0.717) is 11.2 Å². The van der Waals surface area contributed by atoms with Gasteiger partial charge in [0.1, 0.15) is 5.82 Å². The number of nitrogens with one attached hydrogen (secondary N) is 1. The van der Waals surface area contributed by atoms with Crippen molar-refractivity contribution in [1.29, 1.82) is 0 Å². The number of benzene rings is 3. The highest BCUT2D eigenvalue weighted by Crippen LogP contribution is 2.22. The molecule has 2 aromatic heterocycles. The molecule has 0 bridgehead atoms. The highest BCUT2D eigenvalue weighted by Gasteiger charge is 2.17. The van der Waals surface area contributed by atoms with Crippen molar-refractivity contribution in [3.05, 3.63) is 88.7 Å². The van der Waals surface area contributed by atoms with Crippen LogP contribution in [0.1, 0.15) is 18.3 Å². The quantitative estimate of drug-likeness (QED) is 0.382. The number of imidazole rings is 1. The average Bonchev–Trinajstić information content (AvgIpc) is 3.33. The monoisotopic (exact) mass is 476 g/mol. The van der Waals surface area contributed by atoms with E-state index in [-0.39, 0.29) is 10.5 Å². The maximum absolute atomic E-state index is 13.0. The van der Waals surface area contributed by atoms with Crippen molar-refractivity contribution >= 4 is 37.8 Å². The third kappa shape index (κ3) is 3.99. The van der Waals surface area contributed by atoms with Gasteiger partial charge in [0.05, 0.1) is 21.4 Å². The summed E-state index contributed by atoms with van der Waals surface area (Å²) in [5.74, 6) is 0.467. The molecule has 8 nitrogen and oxygen atoms in total. The van der Waals surface area contributed by atoms with Crippen LogP contribution in [0.25, 0.3) is 22.1 Å². The molecule has 1 N–H and O–H groups in total. The van der Waals surface area contributed by atoms with Gasteiger partial charge in [-0.05, 0) is 55.3 Å². The summed E-state index contributed by atoms with van der Waals surface area (Å²) >= 11 is 0. The van der Waals surface area contributed by atoms with Crippen LogP contribution in [0, 0.1) is 0 Å². The molecule has 0 aliphatic rings. The summed E-state index contributed by atoms with van der Waals surface area (Å²) < 4.78 is 37.2. The molecule has 5 aromatic rings. The van der Waals surface area contributed by atoms with Gasteiger partial charge in [0.2, 0.25) is 0 Å². The minimum Gasteiger partial charge on any atom is -0.408 e. The second-order valence-electron chi connectivity index (χ2n) is 8.12. The lowest BCUT2D eigenvalue weighted by molar-refractivity contribution is 0.527. The third-order valence-electron chi connectivity index (χ3n) is 5.94. The molecule has 34 heavy (non-hydrogen) atoms. The van der Waals surface area contributed by atoms with Gasteiger partial charge in [-0.2, -0.15) is 0 Å². The minimum absolute atomic E-state index is 0.0245. The Morgan fingerprint density at radius 2 is 1.79 bits per heavy atom. The number of anilines is 1. The summed E-state index contributed by atoms with van der Waals surface area (Å²) in [6, 6.07) is 19.8. The average molecular weight is 477 g/mol. The van der Waals surface area contributed by atoms with Crippen LogP contribution >= 0.6 is 0 Å². The van der Waals surface area contributed by atoms with Gasteiger partial charge in [-0.3, -0.25) is 9.29 Å². The Hall–Kier alpha value is -3.85. The van der Waals surface area contributed by atoms with Crippen molar-refractivity contribution in [2.75, 3.05) is 4.72 Å². The predicted octanol–water partition coefficient (Wildman–Crippen LogP) is 4.09. The molecule has 0 aliphatic heterocycles. The lowest BCUT2D eigenvalue weighted by Gasteiger charge is -2.10. The smallest absolute Gasteiger partial charge is 0.408 e. The maximum atomic E-state index is 13.0. The fourth-order valence-electron chi connectivity index (χ4n) is 4.21. The van der Waals surface area contributed by atoms with E-state index in [9.17, 15) is 13.2 Å². The Bertz CT molecular complexity index is 1680. The maximum Gasteiger partial charge on any atom is 0.419 e. The number of aromatic nitrogens is 3. The van der Waals surface area contributed by atoms with Crippen LogP contribution in [0.3, 0.4) is 0 Å². The molecule has 0 aliphatic carbocycles. The van der Waals surface area contributed by atoms with E-state index >= 15 is 0 Å². The number of rotatable bonds is 7. The van der Waals surface area contributed by atoms with Gasteiger partial charge < -0.3 is 8.98 Å². The highest BCUT2D eigenvalue weighted by molar-refractivity contribution is 7.92. The molecule has 0 unspecified atom stereocenters. The number of para-hydroxylation sites is 2. The fraction of sp³-hybridized carbons (Fsp3) is 0.200. The summed E-state index contributed by atoms with van der Waals surface area (Å²) in [6.07, 6.45) is 1.46. The van der Waals surface area contributed by atoms with E-state index < -0.39 is 15.8 Å². The molecule has 0 saturated carbocycles. The van der Waals surface area contributed by atoms with E-state index in [2.05, 4.69) is 22.3 Å². The SMILES string of the molecule is CCn1c(CCc2cccc(NS(=O)(=O)c3ccc4c(c3)oc(=O)n4C)c2)nc2ccccc21. The van der Waals surface area contributed by atoms with Crippen molar-refractivity contribution in [3.63, 3.8) is 0 Å². The number of nitrogens with zero attached hydrogens (tertiary/aromatic N) is 3. The second-order valence-corrected chi connectivity index (χ2v) is 9.81. The molecule has 0 radical (unpaired) electrons. The van der Waals surface area contributed by atoms with Crippen LogP contribution in [0.5, 0.6) is 0 Å². The molecule has 3 aromatic carbocycles. The molecule has 0 amide bonds. The zero-order valence-electron chi connectivity index (χ0n) is 18.9. The topological polar surface area (TPSA) is 99.1 Å². The number of fused-ring (bicyclic) bond motifs is 2. The Morgan fingerprint density at radius 3 is 2.62 bits per heavy atom. The van der Waals surface area contributed by atoms with Crippen LogP contribution in [0.4, 0.5) is 5.69 Å². The molecular weight excluding hydrogens is 452 g/mol. The van der Waals surface area contributed by atoms with Crippen LogP contribution in [-0.4, -0.2) is 22.5 Å². The van der Waals surface area contributed by atoms with Gasteiger partial charge in [0.25, 0.3) is 10.0 Å². The number of sulfonamides is 1. The second kappa shape index (κ2) is 8.49. The standard InChI is InChI=1S/C25H24N4O4S/c1-3-29-21-10-5-4-9-20(21)26-24(29)14-11-17-7-6-8-18(15-17)27-34(31,32)19-12-13-22-23(16-19)33-25(30)28(22)2/h4-10,12-13,15-16,27H,3,11,14H2,1-2H3. The number of oxazole rings is 1. The van der Waals surface area contributed by atoms with Gasteiger partial charge in [0.15, 0.2) is 5.58 Å². The fourth-order valence-corrected chi connectivity index (χ4v) is 5.28. The van der Waals surface area contributed by atoms with E-state index in [1.54, 1.807) is 19.2 Å². The first-order valence-electron chi connectivity index (χ1n) is 11.0. The Balaban J connectivity index is 1.36. The number of hydrogen-bond donors (Lipinski definition) is 1. The van der Waals surface area contributed by atoms with Crippen LogP contribution in [0.15, 0.2) is 80.8 Å². The summed E-state index contributed by atoms with van der Waals surface area (Å²) in [6.45, 7) is 2.94. The zero-order chi connectivity index (χ0) is 23.9. The first-order chi connectivity index (χ1) is 16.4. The Labute approximate surface area is 196 Å². The van der Waals surface area contributed by atoms with Crippen molar-refractivity contribution in [1.82, 2.24) is 14.1 Å². The van der Waals surface area contributed by atoms with Crippen molar-refractivity contribution in [2.24, 2.45) is 7.05 Å². The van der Waals surface area contributed by atoms with E-state index in [1.165, 1.54) is 16.7 Å². The first-order valence-corrected chi connectivity index (χ1v) is 12.5. The third-order valence-corrected chi connectivity index (χ3v) is 7.32. The first kappa shape index (κ1) is 22.0. The summed E-state index contributed by atoms with van der Waals surface area (Å²) in [5.41, 5.74) is 4.32. The molecular formula is C25H24N4O4S. The molecule has 174 valence electrons. The normalized spacial score (nSPS) is 11.9. The van der Waals surface area contributed by atoms with Crippen LogP contribution in [0.2, 0.25) is 0 Å². The van der Waals surface area contributed by atoms with Crippen molar-refractivity contribution in [3.8, 4) is 0 Å². The lowest BCUT2D eigenvalue weighted by atomic mass is 10.1. The molecule has 0 spiro atoms. The van der Waals surface area contributed by atoms with E-state index in [4.69, 9.17) is 9.40 Å². The summed E-state index contributed by atoms with van der Waals surface area (Å²) in [5, 5.41) is 0. The predicted molar refractivity (Wildman–Crippen MR) is 132 cm³/mol. The van der Waals surface area contributed by atoms with Crippen molar-refractivity contribution in [2.45, 2.75) is 31.2 Å².